The first-order valence-corrected chi connectivity index (χ1v) is 11.5. The van der Waals surface area contributed by atoms with Crippen LogP contribution in [-0.4, -0.2) is 53.2 Å². The van der Waals surface area contributed by atoms with E-state index in [2.05, 4.69) is 5.32 Å². The molecule has 1 saturated carbocycles. The largest absolute Gasteiger partial charge is 0.339 e. The Morgan fingerprint density at radius 3 is 2.40 bits per heavy atom. The molecule has 30 heavy (non-hydrogen) atoms. The summed E-state index contributed by atoms with van der Waals surface area (Å²) in [6.07, 6.45) is 7.11. The predicted molar refractivity (Wildman–Crippen MR) is 119 cm³/mol. The fourth-order valence-electron chi connectivity index (χ4n) is 4.52. The monoisotopic (exact) mass is 433 g/mol. The number of rotatable bonds is 6. The van der Waals surface area contributed by atoms with Crippen molar-refractivity contribution < 1.29 is 14.4 Å². The van der Waals surface area contributed by atoms with Crippen molar-refractivity contribution in [3.63, 3.8) is 0 Å². The Morgan fingerprint density at radius 1 is 1.13 bits per heavy atom. The smallest absolute Gasteiger partial charge is 0.255 e. The number of halogens is 1. The van der Waals surface area contributed by atoms with Crippen LogP contribution < -0.4 is 5.32 Å². The van der Waals surface area contributed by atoms with Crippen molar-refractivity contribution in [2.24, 2.45) is 5.92 Å². The van der Waals surface area contributed by atoms with Gasteiger partial charge in [0, 0.05) is 37.8 Å². The maximum atomic E-state index is 12.8. The van der Waals surface area contributed by atoms with Crippen LogP contribution in [0.3, 0.4) is 0 Å². The molecule has 3 rings (SSSR count). The Kier molecular flexibility index (Phi) is 7.75. The second-order valence-electron chi connectivity index (χ2n) is 8.25. The number of benzene rings is 1. The minimum atomic E-state index is -0.350. The van der Waals surface area contributed by atoms with E-state index in [0.29, 0.717) is 35.9 Å². The van der Waals surface area contributed by atoms with Crippen molar-refractivity contribution in [3.05, 3.63) is 28.8 Å². The Bertz CT molecular complexity index is 786. The highest BCUT2D eigenvalue weighted by molar-refractivity contribution is 6.34. The zero-order chi connectivity index (χ0) is 21.7. The number of hydrogen-bond donors (Lipinski definition) is 1. The van der Waals surface area contributed by atoms with Crippen molar-refractivity contribution in [1.82, 2.24) is 9.80 Å². The number of nitrogens with one attached hydrogen (secondary N) is 1. The van der Waals surface area contributed by atoms with Crippen LogP contribution in [0, 0.1) is 5.92 Å². The summed E-state index contributed by atoms with van der Waals surface area (Å²) in [6, 6.07) is 5.23. The van der Waals surface area contributed by atoms with Gasteiger partial charge >= 0.3 is 0 Å². The third-order valence-electron chi connectivity index (χ3n) is 6.31. The van der Waals surface area contributed by atoms with Gasteiger partial charge in [0.05, 0.1) is 16.5 Å². The fourth-order valence-corrected chi connectivity index (χ4v) is 4.78. The molecule has 6 nitrogen and oxygen atoms in total. The minimum absolute atomic E-state index is 0.0836. The van der Waals surface area contributed by atoms with E-state index in [1.165, 1.54) is 12.8 Å². The van der Waals surface area contributed by atoms with Gasteiger partial charge in [0.15, 0.2) is 0 Å². The van der Waals surface area contributed by atoms with Gasteiger partial charge in [0.2, 0.25) is 11.8 Å². The molecule has 1 aliphatic heterocycles. The van der Waals surface area contributed by atoms with E-state index in [1.807, 2.05) is 18.7 Å². The second kappa shape index (κ2) is 10.3. The van der Waals surface area contributed by atoms with E-state index < -0.39 is 0 Å². The lowest BCUT2D eigenvalue weighted by Gasteiger charge is -2.27. The lowest BCUT2D eigenvalue weighted by atomic mass is 10.1. The molecule has 1 N–H and O–H groups in total. The second-order valence-corrected chi connectivity index (χ2v) is 8.66. The first-order valence-electron chi connectivity index (χ1n) is 11.1. The molecule has 2 aliphatic rings. The average Bonchev–Trinajstić information content (AvgIpc) is 2.93. The Balaban J connectivity index is 1.62. The summed E-state index contributed by atoms with van der Waals surface area (Å²) < 4.78 is 0. The molecule has 0 radical (unpaired) electrons. The van der Waals surface area contributed by atoms with Crippen LogP contribution in [0.25, 0.3) is 0 Å². The summed E-state index contributed by atoms with van der Waals surface area (Å²) in [5, 5.41) is 3.19. The zero-order valence-electron chi connectivity index (χ0n) is 18.0. The summed E-state index contributed by atoms with van der Waals surface area (Å²) in [4.78, 5) is 41.5. The number of likely N-dealkylation sites (tertiary alicyclic amines) is 1. The molecule has 1 unspecified atom stereocenters. The summed E-state index contributed by atoms with van der Waals surface area (Å²) >= 11 is 6.33. The maximum Gasteiger partial charge on any atom is 0.255 e. The number of amides is 3. The highest BCUT2D eigenvalue weighted by atomic mass is 35.5. The molecular weight excluding hydrogens is 402 g/mol. The number of hydrogen-bond acceptors (Lipinski definition) is 3. The normalized spacial score (nSPS) is 20.2. The highest BCUT2D eigenvalue weighted by Gasteiger charge is 2.37. The molecule has 0 aromatic heterocycles. The summed E-state index contributed by atoms with van der Waals surface area (Å²) in [7, 11) is 0. The Hall–Kier alpha value is -2.08. The molecule has 1 aliphatic carbocycles. The third kappa shape index (κ3) is 5.15. The van der Waals surface area contributed by atoms with Crippen molar-refractivity contribution in [3.8, 4) is 0 Å². The van der Waals surface area contributed by atoms with E-state index in [4.69, 9.17) is 11.6 Å². The first kappa shape index (κ1) is 22.6. The molecule has 1 aromatic carbocycles. The lowest BCUT2D eigenvalue weighted by Crippen LogP contribution is -2.37. The summed E-state index contributed by atoms with van der Waals surface area (Å²) in [5.41, 5.74) is 0.968. The molecule has 1 heterocycles. The van der Waals surface area contributed by atoms with Crippen LogP contribution in [0.15, 0.2) is 18.2 Å². The Morgan fingerprint density at radius 2 is 1.80 bits per heavy atom. The van der Waals surface area contributed by atoms with Crippen LogP contribution in [-0.2, 0) is 9.59 Å². The molecule has 1 atom stereocenters. The fraction of sp³-hybridized carbons (Fsp3) is 0.609. The SMILES string of the molecule is CCN(CC)C(=O)c1ccc(NC(=O)C2CC(=O)N(C3CCCCCC3)C2)cc1Cl. The maximum absolute atomic E-state index is 12.8. The number of anilines is 1. The quantitative estimate of drug-likeness (QED) is 0.678. The predicted octanol–water partition coefficient (Wildman–Crippen LogP) is 4.33. The van der Waals surface area contributed by atoms with Gasteiger partial charge in [-0.25, -0.2) is 0 Å². The molecule has 0 spiro atoms. The van der Waals surface area contributed by atoms with Crippen LogP contribution >= 0.6 is 11.6 Å². The zero-order valence-corrected chi connectivity index (χ0v) is 18.7. The molecule has 3 amide bonds. The van der Waals surface area contributed by atoms with Crippen molar-refractivity contribution >= 4 is 35.0 Å². The van der Waals surface area contributed by atoms with Crippen molar-refractivity contribution in [1.29, 1.82) is 0 Å². The van der Waals surface area contributed by atoms with Gasteiger partial charge in [0.25, 0.3) is 5.91 Å². The van der Waals surface area contributed by atoms with Crippen LogP contribution in [0.2, 0.25) is 5.02 Å². The highest BCUT2D eigenvalue weighted by Crippen LogP contribution is 2.29. The molecule has 1 aromatic rings. The van der Waals surface area contributed by atoms with E-state index >= 15 is 0 Å². The standard InChI is InChI=1S/C23H32ClN3O3/c1-3-26(4-2)23(30)19-12-11-17(14-20(19)24)25-22(29)16-13-21(28)27(15-16)18-9-7-5-6-8-10-18/h11-12,14,16,18H,3-10,13,15H2,1-2H3,(H,25,29). The average molecular weight is 434 g/mol. The molecule has 0 bridgehead atoms. The van der Waals surface area contributed by atoms with Gasteiger partial charge in [-0.15, -0.1) is 0 Å². The van der Waals surface area contributed by atoms with Gasteiger partial charge in [0.1, 0.15) is 0 Å². The number of carbonyl (C=O) groups is 3. The van der Waals surface area contributed by atoms with Gasteiger partial charge in [-0.3, -0.25) is 14.4 Å². The van der Waals surface area contributed by atoms with Gasteiger partial charge < -0.3 is 15.1 Å². The lowest BCUT2D eigenvalue weighted by molar-refractivity contribution is -0.130. The van der Waals surface area contributed by atoms with E-state index in [1.54, 1.807) is 23.1 Å². The van der Waals surface area contributed by atoms with Crippen LogP contribution in [0.4, 0.5) is 5.69 Å². The van der Waals surface area contributed by atoms with E-state index in [0.717, 1.165) is 25.7 Å². The topological polar surface area (TPSA) is 69.7 Å². The summed E-state index contributed by atoms with van der Waals surface area (Å²) in [6.45, 7) is 5.55. The summed E-state index contributed by atoms with van der Waals surface area (Å²) in [5.74, 6) is -0.557. The van der Waals surface area contributed by atoms with E-state index in [-0.39, 0.29) is 36.1 Å². The van der Waals surface area contributed by atoms with E-state index in [9.17, 15) is 14.4 Å². The molecular formula is C23H32ClN3O3. The van der Waals surface area contributed by atoms with Crippen molar-refractivity contribution in [2.45, 2.75) is 64.8 Å². The van der Waals surface area contributed by atoms with Gasteiger partial charge in [-0.2, -0.15) is 0 Å². The van der Waals surface area contributed by atoms with Gasteiger partial charge in [-0.05, 0) is 44.9 Å². The van der Waals surface area contributed by atoms with Gasteiger partial charge in [-0.1, -0.05) is 37.3 Å². The van der Waals surface area contributed by atoms with Crippen molar-refractivity contribution in [2.75, 3.05) is 25.0 Å². The molecule has 164 valence electrons. The van der Waals surface area contributed by atoms with Crippen LogP contribution in [0.1, 0.15) is 69.2 Å². The Labute approximate surface area is 183 Å². The first-order chi connectivity index (χ1) is 14.4. The number of carbonyl (C=O) groups excluding carboxylic acids is 3. The number of nitrogens with zero attached hydrogens (tertiary/aromatic N) is 2. The minimum Gasteiger partial charge on any atom is -0.339 e. The molecule has 1 saturated heterocycles. The molecule has 7 heteroatoms. The molecule has 2 fully saturated rings. The third-order valence-corrected chi connectivity index (χ3v) is 6.63. The van der Waals surface area contributed by atoms with Crippen LogP contribution in [0.5, 0.6) is 0 Å².